The van der Waals surface area contributed by atoms with Gasteiger partial charge in [-0.05, 0) is 37.5 Å². The molecule has 146 valence electrons. The molecule has 1 fully saturated rings. The van der Waals surface area contributed by atoms with Crippen LogP contribution in [0.4, 0.5) is 5.82 Å². The van der Waals surface area contributed by atoms with Gasteiger partial charge in [-0.3, -0.25) is 9.78 Å². The summed E-state index contributed by atoms with van der Waals surface area (Å²) in [6.07, 6.45) is 9.23. The number of hydrogen-bond donors (Lipinski definition) is 1. The molecule has 0 spiro atoms. The summed E-state index contributed by atoms with van der Waals surface area (Å²) < 4.78 is 0. The summed E-state index contributed by atoms with van der Waals surface area (Å²) in [5.74, 6) is 0.854. The number of fused-ring (bicyclic) bond motifs is 1. The molecule has 7 heteroatoms. The maximum atomic E-state index is 13.2. The Balaban J connectivity index is 1.60. The van der Waals surface area contributed by atoms with Gasteiger partial charge < -0.3 is 10.2 Å². The summed E-state index contributed by atoms with van der Waals surface area (Å²) >= 11 is 1.46. The predicted octanol–water partition coefficient (Wildman–Crippen LogP) is 4.41. The van der Waals surface area contributed by atoms with Gasteiger partial charge in [-0.25, -0.2) is 9.97 Å². The van der Waals surface area contributed by atoms with E-state index in [1.165, 1.54) is 30.6 Å². The first-order valence-corrected chi connectivity index (χ1v) is 10.6. The third-order valence-corrected chi connectivity index (χ3v) is 6.71. The van der Waals surface area contributed by atoms with Gasteiger partial charge in [-0.15, -0.1) is 11.3 Å². The van der Waals surface area contributed by atoms with Crippen LogP contribution in [0.1, 0.15) is 53.0 Å². The summed E-state index contributed by atoms with van der Waals surface area (Å²) in [7, 11) is 1.94. The third-order valence-electron chi connectivity index (χ3n) is 5.53. The molecular weight excluding hydrogens is 370 g/mol. The maximum Gasteiger partial charge on any atom is 0.264 e. The Morgan fingerprint density at radius 3 is 2.79 bits per heavy atom. The van der Waals surface area contributed by atoms with Crippen molar-refractivity contribution in [3.05, 3.63) is 46.9 Å². The van der Waals surface area contributed by atoms with Crippen LogP contribution in [-0.2, 0) is 6.54 Å². The molecule has 3 heterocycles. The van der Waals surface area contributed by atoms with Gasteiger partial charge in [0.15, 0.2) is 0 Å². The minimum atomic E-state index is 0.100. The van der Waals surface area contributed by atoms with E-state index >= 15 is 0 Å². The van der Waals surface area contributed by atoms with Gasteiger partial charge in [0.05, 0.1) is 22.5 Å². The van der Waals surface area contributed by atoms with Crippen LogP contribution in [0.25, 0.3) is 10.2 Å². The fourth-order valence-electron chi connectivity index (χ4n) is 3.88. The second-order valence-corrected chi connectivity index (χ2v) is 8.34. The quantitative estimate of drug-likeness (QED) is 0.693. The van der Waals surface area contributed by atoms with Crippen LogP contribution in [0.3, 0.4) is 0 Å². The Hall–Kier alpha value is -2.54. The minimum absolute atomic E-state index is 0.100. The molecule has 1 aliphatic carbocycles. The molecule has 1 amide bonds. The van der Waals surface area contributed by atoms with Crippen LogP contribution in [0.2, 0.25) is 0 Å². The van der Waals surface area contributed by atoms with Gasteiger partial charge in [0.1, 0.15) is 17.0 Å². The van der Waals surface area contributed by atoms with E-state index in [0.29, 0.717) is 12.6 Å². The van der Waals surface area contributed by atoms with Crippen LogP contribution >= 0.6 is 11.3 Å². The van der Waals surface area contributed by atoms with Crippen LogP contribution < -0.4 is 5.32 Å². The first-order chi connectivity index (χ1) is 13.6. The average molecular weight is 396 g/mol. The number of pyridine rings is 1. The van der Waals surface area contributed by atoms with Crippen molar-refractivity contribution >= 4 is 33.3 Å². The van der Waals surface area contributed by atoms with Crippen LogP contribution in [0.5, 0.6) is 0 Å². The summed E-state index contributed by atoms with van der Waals surface area (Å²) in [6.45, 7) is 2.57. The second-order valence-electron chi connectivity index (χ2n) is 7.34. The summed E-state index contributed by atoms with van der Waals surface area (Å²) in [5, 5.41) is 4.29. The van der Waals surface area contributed by atoms with Gasteiger partial charge in [0.25, 0.3) is 5.91 Å². The van der Waals surface area contributed by atoms with Crippen molar-refractivity contribution < 1.29 is 4.79 Å². The SMILES string of the molecule is Cc1c(C(=O)N(C)C2CCCCC2)sc2ncnc(NCc3ccccn3)c12. The van der Waals surface area contributed by atoms with Crippen molar-refractivity contribution in [2.45, 2.75) is 51.6 Å². The minimum Gasteiger partial charge on any atom is -0.364 e. The molecule has 3 aromatic rings. The predicted molar refractivity (Wildman–Crippen MR) is 113 cm³/mol. The number of anilines is 1. The number of thiophene rings is 1. The lowest BCUT2D eigenvalue weighted by molar-refractivity contribution is 0.0700. The normalized spacial score (nSPS) is 14.9. The number of nitrogens with one attached hydrogen (secondary N) is 1. The Bertz CT molecular complexity index is 966. The number of hydrogen-bond acceptors (Lipinski definition) is 6. The largest absolute Gasteiger partial charge is 0.364 e. The van der Waals surface area contributed by atoms with Gasteiger partial charge >= 0.3 is 0 Å². The highest BCUT2D eigenvalue weighted by Gasteiger charge is 2.27. The van der Waals surface area contributed by atoms with Crippen molar-refractivity contribution in [3.63, 3.8) is 0 Å². The maximum absolute atomic E-state index is 13.2. The standard InChI is InChI=1S/C21H25N5OS/c1-14-17-19(23-12-15-8-6-7-11-22-15)24-13-25-20(17)28-18(14)21(27)26(2)16-9-4-3-5-10-16/h6-8,11,13,16H,3-5,9-10,12H2,1-2H3,(H,23,24,25). The van der Waals surface area contributed by atoms with Crippen LogP contribution in [-0.4, -0.2) is 38.8 Å². The topological polar surface area (TPSA) is 71.0 Å². The molecule has 1 N–H and O–H groups in total. The smallest absolute Gasteiger partial charge is 0.264 e. The first kappa shape index (κ1) is 18.8. The number of aromatic nitrogens is 3. The van der Waals surface area contributed by atoms with Gasteiger partial charge in [0.2, 0.25) is 0 Å². The number of nitrogens with zero attached hydrogens (tertiary/aromatic N) is 4. The molecule has 0 aliphatic heterocycles. The lowest BCUT2D eigenvalue weighted by Gasteiger charge is -2.31. The van der Waals surface area contributed by atoms with E-state index in [1.807, 2.05) is 37.1 Å². The Morgan fingerprint density at radius 2 is 2.04 bits per heavy atom. The molecule has 0 unspecified atom stereocenters. The van der Waals surface area contributed by atoms with Crippen molar-refractivity contribution in [1.82, 2.24) is 19.9 Å². The van der Waals surface area contributed by atoms with E-state index in [1.54, 1.807) is 12.5 Å². The molecule has 3 aromatic heterocycles. The zero-order chi connectivity index (χ0) is 19.5. The van der Waals surface area contributed by atoms with E-state index in [0.717, 1.165) is 45.0 Å². The van der Waals surface area contributed by atoms with Gasteiger partial charge in [-0.2, -0.15) is 0 Å². The number of carbonyl (C=O) groups excluding carboxylic acids is 1. The number of carbonyl (C=O) groups is 1. The second kappa shape index (κ2) is 8.22. The van der Waals surface area contributed by atoms with E-state index in [4.69, 9.17) is 0 Å². The number of rotatable bonds is 5. The highest BCUT2D eigenvalue weighted by atomic mass is 32.1. The van der Waals surface area contributed by atoms with Crippen LogP contribution in [0.15, 0.2) is 30.7 Å². The highest BCUT2D eigenvalue weighted by molar-refractivity contribution is 7.20. The highest BCUT2D eigenvalue weighted by Crippen LogP contribution is 2.35. The van der Waals surface area contributed by atoms with E-state index in [2.05, 4.69) is 20.3 Å². The van der Waals surface area contributed by atoms with Crippen molar-refractivity contribution in [2.24, 2.45) is 0 Å². The van der Waals surface area contributed by atoms with Gasteiger partial charge in [0, 0.05) is 19.3 Å². The molecule has 0 atom stereocenters. The van der Waals surface area contributed by atoms with Gasteiger partial charge in [-0.1, -0.05) is 25.3 Å². The van der Waals surface area contributed by atoms with E-state index < -0.39 is 0 Å². The average Bonchev–Trinajstić information content (AvgIpc) is 3.09. The summed E-state index contributed by atoms with van der Waals surface area (Å²) in [6, 6.07) is 6.18. The van der Waals surface area contributed by atoms with Crippen molar-refractivity contribution in [1.29, 1.82) is 0 Å². The van der Waals surface area contributed by atoms with Crippen LogP contribution in [0, 0.1) is 6.92 Å². The number of amides is 1. The summed E-state index contributed by atoms with van der Waals surface area (Å²) in [5.41, 5.74) is 1.90. The molecule has 1 saturated carbocycles. The monoisotopic (exact) mass is 395 g/mol. The van der Waals surface area contributed by atoms with Crippen molar-refractivity contribution in [3.8, 4) is 0 Å². The Morgan fingerprint density at radius 1 is 1.21 bits per heavy atom. The molecular formula is C21H25N5OS. The zero-order valence-electron chi connectivity index (χ0n) is 16.3. The molecule has 4 rings (SSSR count). The Labute approximate surface area is 169 Å². The summed E-state index contributed by atoms with van der Waals surface area (Å²) in [4.78, 5) is 29.9. The molecule has 6 nitrogen and oxygen atoms in total. The molecule has 0 radical (unpaired) electrons. The Kier molecular flexibility index (Phi) is 5.52. The number of aryl methyl sites for hydroxylation is 1. The molecule has 1 aliphatic rings. The van der Waals surface area contributed by atoms with Crippen molar-refractivity contribution in [2.75, 3.05) is 12.4 Å². The molecule has 0 saturated heterocycles. The molecule has 0 aromatic carbocycles. The molecule has 28 heavy (non-hydrogen) atoms. The lowest BCUT2D eigenvalue weighted by Crippen LogP contribution is -2.38. The molecule has 0 bridgehead atoms. The lowest BCUT2D eigenvalue weighted by atomic mass is 9.94. The first-order valence-electron chi connectivity index (χ1n) is 9.80. The zero-order valence-corrected chi connectivity index (χ0v) is 17.1. The van der Waals surface area contributed by atoms with E-state index in [9.17, 15) is 4.79 Å². The fourth-order valence-corrected chi connectivity index (χ4v) is 5.01. The fraction of sp³-hybridized carbons (Fsp3) is 0.429. The van der Waals surface area contributed by atoms with E-state index in [-0.39, 0.29) is 5.91 Å². The third kappa shape index (κ3) is 3.71.